The van der Waals surface area contributed by atoms with Crippen LogP contribution in [0.25, 0.3) is 0 Å². The van der Waals surface area contributed by atoms with Crippen molar-refractivity contribution in [2.45, 2.75) is 12.6 Å². The Bertz CT molecular complexity index is 81.8. The van der Waals surface area contributed by atoms with E-state index in [0.29, 0.717) is 0 Å². The lowest BCUT2D eigenvalue weighted by Gasteiger charge is -2.13. The van der Waals surface area contributed by atoms with Crippen LogP contribution >= 0.6 is 0 Å². The SMILES string of the molecule is NC1CC=CON1. The molecule has 0 aromatic rings. The molecule has 1 atom stereocenters. The molecule has 3 nitrogen and oxygen atoms in total. The first-order chi connectivity index (χ1) is 3.39. The van der Waals surface area contributed by atoms with Gasteiger partial charge in [0.15, 0.2) is 0 Å². The van der Waals surface area contributed by atoms with Gasteiger partial charge in [0.1, 0.15) is 6.26 Å². The first kappa shape index (κ1) is 4.61. The van der Waals surface area contributed by atoms with Crippen molar-refractivity contribution >= 4 is 0 Å². The van der Waals surface area contributed by atoms with Crippen molar-refractivity contribution in [3.05, 3.63) is 12.3 Å². The van der Waals surface area contributed by atoms with Gasteiger partial charge >= 0.3 is 0 Å². The normalized spacial score (nSPS) is 29.6. The van der Waals surface area contributed by atoms with Gasteiger partial charge in [-0.3, -0.25) is 0 Å². The quantitative estimate of drug-likeness (QED) is 0.439. The summed E-state index contributed by atoms with van der Waals surface area (Å²) < 4.78 is 0. The van der Waals surface area contributed by atoms with Crippen LogP contribution in [0.5, 0.6) is 0 Å². The Balaban J connectivity index is 2.32. The molecular formula is C4H8N2O. The van der Waals surface area contributed by atoms with Crippen LogP contribution in [0, 0.1) is 0 Å². The van der Waals surface area contributed by atoms with Crippen LogP contribution in [-0.2, 0) is 4.84 Å². The Morgan fingerprint density at radius 2 is 2.71 bits per heavy atom. The van der Waals surface area contributed by atoms with Crippen molar-refractivity contribution < 1.29 is 4.84 Å². The molecule has 0 bridgehead atoms. The lowest BCUT2D eigenvalue weighted by Crippen LogP contribution is -2.37. The van der Waals surface area contributed by atoms with E-state index in [4.69, 9.17) is 5.73 Å². The van der Waals surface area contributed by atoms with Gasteiger partial charge in [0.05, 0.1) is 6.17 Å². The Morgan fingerprint density at radius 3 is 3.00 bits per heavy atom. The summed E-state index contributed by atoms with van der Waals surface area (Å²) in [5.41, 5.74) is 7.92. The summed E-state index contributed by atoms with van der Waals surface area (Å²) in [5.74, 6) is 0. The second-order valence-corrected chi connectivity index (χ2v) is 1.45. The van der Waals surface area contributed by atoms with Gasteiger partial charge in [-0.05, 0) is 6.08 Å². The summed E-state index contributed by atoms with van der Waals surface area (Å²) >= 11 is 0. The topological polar surface area (TPSA) is 47.3 Å². The average Bonchev–Trinajstić information content (AvgIpc) is 1.69. The third-order valence-corrected chi connectivity index (χ3v) is 0.774. The van der Waals surface area contributed by atoms with Gasteiger partial charge in [0.25, 0.3) is 0 Å². The van der Waals surface area contributed by atoms with Crippen LogP contribution < -0.4 is 11.2 Å². The van der Waals surface area contributed by atoms with E-state index in [2.05, 4.69) is 10.3 Å². The van der Waals surface area contributed by atoms with E-state index in [1.165, 1.54) is 0 Å². The molecule has 0 aromatic heterocycles. The smallest absolute Gasteiger partial charge is 0.107 e. The molecule has 0 aromatic carbocycles. The number of hydrogen-bond donors (Lipinski definition) is 2. The van der Waals surface area contributed by atoms with E-state index in [1.807, 2.05) is 6.08 Å². The molecule has 1 aliphatic rings. The molecular weight excluding hydrogens is 92.1 g/mol. The van der Waals surface area contributed by atoms with E-state index in [1.54, 1.807) is 6.26 Å². The summed E-state index contributed by atoms with van der Waals surface area (Å²) in [6, 6.07) is 0. The van der Waals surface area contributed by atoms with Crippen molar-refractivity contribution in [1.82, 2.24) is 5.48 Å². The molecule has 0 saturated carbocycles. The standard InChI is InChI=1S/C4H8N2O/c5-4-2-1-3-7-6-4/h1,3-4,6H,2,5H2. The van der Waals surface area contributed by atoms with E-state index in [-0.39, 0.29) is 6.17 Å². The third-order valence-electron chi connectivity index (χ3n) is 0.774. The second-order valence-electron chi connectivity index (χ2n) is 1.45. The Morgan fingerprint density at radius 1 is 1.86 bits per heavy atom. The molecule has 3 N–H and O–H groups in total. The molecule has 1 heterocycles. The van der Waals surface area contributed by atoms with Crippen molar-refractivity contribution in [2.24, 2.45) is 5.73 Å². The van der Waals surface area contributed by atoms with E-state index in [9.17, 15) is 0 Å². The highest BCUT2D eigenvalue weighted by Gasteiger charge is 1.99. The zero-order valence-electron chi connectivity index (χ0n) is 3.92. The average molecular weight is 100 g/mol. The molecule has 0 fully saturated rings. The molecule has 7 heavy (non-hydrogen) atoms. The van der Waals surface area contributed by atoms with Gasteiger partial charge in [0, 0.05) is 6.42 Å². The van der Waals surface area contributed by atoms with Crippen LogP contribution in [0.15, 0.2) is 12.3 Å². The van der Waals surface area contributed by atoms with Crippen LogP contribution in [0.3, 0.4) is 0 Å². The Kier molecular flexibility index (Phi) is 1.29. The first-order valence-electron chi connectivity index (χ1n) is 2.21. The predicted molar refractivity (Wildman–Crippen MR) is 26.0 cm³/mol. The van der Waals surface area contributed by atoms with Crippen molar-refractivity contribution in [3.8, 4) is 0 Å². The predicted octanol–water partition coefficient (Wildman–Crippen LogP) is -0.290. The summed E-state index contributed by atoms with van der Waals surface area (Å²) in [5, 5.41) is 0. The fourth-order valence-corrected chi connectivity index (χ4v) is 0.425. The maximum atomic E-state index is 5.35. The molecule has 40 valence electrons. The molecule has 1 aliphatic heterocycles. The fraction of sp³-hybridized carbons (Fsp3) is 0.500. The first-order valence-corrected chi connectivity index (χ1v) is 2.21. The molecule has 0 amide bonds. The third kappa shape index (κ3) is 1.17. The van der Waals surface area contributed by atoms with Crippen LogP contribution in [0.4, 0.5) is 0 Å². The Labute approximate surface area is 42.1 Å². The highest BCUT2D eigenvalue weighted by atomic mass is 16.6. The zero-order chi connectivity index (χ0) is 5.11. The molecule has 0 aliphatic carbocycles. The van der Waals surface area contributed by atoms with Gasteiger partial charge in [0.2, 0.25) is 0 Å². The number of nitrogens with two attached hydrogens (primary N) is 1. The minimum absolute atomic E-state index is 0.0231. The number of nitrogens with one attached hydrogen (secondary N) is 1. The second kappa shape index (κ2) is 1.95. The maximum absolute atomic E-state index is 5.35. The molecule has 3 heteroatoms. The summed E-state index contributed by atoms with van der Waals surface area (Å²) in [4.78, 5) is 4.63. The molecule has 1 rings (SSSR count). The van der Waals surface area contributed by atoms with Crippen LogP contribution in [0.1, 0.15) is 6.42 Å². The van der Waals surface area contributed by atoms with E-state index >= 15 is 0 Å². The van der Waals surface area contributed by atoms with Gasteiger partial charge in [-0.25, -0.2) is 0 Å². The van der Waals surface area contributed by atoms with Crippen LogP contribution in [-0.4, -0.2) is 6.17 Å². The van der Waals surface area contributed by atoms with E-state index in [0.717, 1.165) is 6.42 Å². The van der Waals surface area contributed by atoms with Crippen molar-refractivity contribution in [3.63, 3.8) is 0 Å². The maximum Gasteiger partial charge on any atom is 0.107 e. The number of hydroxylamine groups is 1. The van der Waals surface area contributed by atoms with Crippen LogP contribution in [0.2, 0.25) is 0 Å². The van der Waals surface area contributed by atoms with Crippen molar-refractivity contribution in [2.75, 3.05) is 0 Å². The molecule has 0 saturated heterocycles. The minimum Gasteiger partial charge on any atom is -0.415 e. The summed E-state index contributed by atoms with van der Waals surface area (Å²) in [6.45, 7) is 0. The minimum atomic E-state index is -0.0231. The lowest BCUT2D eigenvalue weighted by atomic mass is 10.3. The molecule has 0 radical (unpaired) electrons. The van der Waals surface area contributed by atoms with Gasteiger partial charge in [-0.1, -0.05) is 0 Å². The molecule has 1 unspecified atom stereocenters. The van der Waals surface area contributed by atoms with E-state index < -0.39 is 0 Å². The number of hydrogen-bond acceptors (Lipinski definition) is 3. The highest BCUT2D eigenvalue weighted by molar-refractivity contribution is 4.80. The zero-order valence-corrected chi connectivity index (χ0v) is 3.92. The molecule has 0 spiro atoms. The van der Waals surface area contributed by atoms with Gasteiger partial charge in [-0.2, -0.15) is 0 Å². The fourth-order valence-electron chi connectivity index (χ4n) is 0.425. The van der Waals surface area contributed by atoms with Crippen molar-refractivity contribution in [1.29, 1.82) is 0 Å². The largest absolute Gasteiger partial charge is 0.415 e. The van der Waals surface area contributed by atoms with Gasteiger partial charge < -0.3 is 10.6 Å². The summed E-state index contributed by atoms with van der Waals surface area (Å²) in [7, 11) is 0. The highest BCUT2D eigenvalue weighted by Crippen LogP contribution is 1.91. The monoisotopic (exact) mass is 100 g/mol. The lowest BCUT2D eigenvalue weighted by molar-refractivity contribution is 0.0884. The number of rotatable bonds is 0. The van der Waals surface area contributed by atoms with Gasteiger partial charge in [-0.15, -0.1) is 5.48 Å². The summed E-state index contributed by atoms with van der Waals surface area (Å²) in [6.07, 6.45) is 4.29. The Hall–Kier alpha value is -0.540.